The van der Waals surface area contributed by atoms with Crippen LogP contribution in [0.25, 0.3) is 21.5 Å². The van der Waals surface area contributed by atoms with E-state index in [-0.39, 0.29) is 11.2 Å². The highest BCUT2D eigenvalue weighted by Crippen LogP contribution is 2.27. The van der Waals surface area contributed by atoms with Gasteiger partial charge >= 0.3 is 0 Å². The van der Waals surface area contributed by atoms with Crippen molar-refractivity contribution < 1.29 is 4.79 Å². The van der Waals surface area contributed by atoms with E-state index in [4.69, 9.17) is 11.6 Å². The molecule has 0 radical (unpaired) electrons. The summed E-state index contributed by atoms with van der Waals surface area (Å²) < 4.78 is 0. The van der Waals surface area contributed by atoms with E-state index >= 15 is 0 Å². The summed E-state index contributed by atoms with van der Waals surface area (Å²) in [7, 11) is 0. The van der Waals surface area contributed by atoms with Gasteiger partial charge in [0.1, 0.15) is 0 Å². The number of thioether (sulfide) groups is 1. The number of hydrogen-bond acceptors (Lipinski definition) is 3. The summed E-state index contributed by atoms with van der Waals surface area (Å²) in [6.45, 7) is 1.86. The lowest BCUT2D eigenvalue weighted by Gasteiger charge is -2.10. The summed E-state index contributed by atoms with van der Waals surface area (Å²) in [6, 6.07) is 26.0. The minimum Gasteiger partial charge on any atom is -0.272 e. The Labute approximate surface area is 178 Å². The summed E-state index contributed by atoms with van der Waals surface area (Å²) in [5.74, 6) is -0.147. The summed E-state index contributed by atoms with van der Waals surface area (Å²) in [5.41, 5.74) is 3.67. The van der Waals surface area contributed by atoms with Crippen LogP contribution < -0.4 is 5.43 Å². The van der Waals surface area contributed by atoms with E-state index in [1.54, 1.807) is 6.21 Å². The topological polar surface area (TPSA) is 41.5 Å². The Balaban J connectivity index is 1.54. The highest BCUT2D eigenvalue weighted by Gasteiger charge is 2.14. The lowest BCUT2D eigenvalue weighted by molar-refractivity contribution is -0.120. The van der Waals surface area contributed by atoms with Gasteiger partial charge in [0.15, 0.2) is 0 Å². The molecular weight excluding hydrogens is 400 g/mol. The standard InChI is InChI=1S/C24H19ClN2OS/c1-16(29-20-12-10-19(25)11-13-20)24(28)27-26-15-23-21-8-4-2-6-17(21)14-18-7-3-5-9-22(18)23/h2-16H,1H3,(H,27,28)/b26-15-/t16-/m0/s1. The van der Waals surface area contributed by atoms with Crippen LogP contribution in [0.4, 0.5) is 0 Å². The number of rotatable bonds is 5. The monoisotopic (exact) mass is 418 g/mol. The first-order valence-electron chi connectivity index (χ1n) is 9.27. The molecule has 3 nitrogen and oxygen atoms in total. The molecule has 0 heterocycles. The van der Waals surface area contributed by atoms with Crippen molar-refractivity contribution in [3.63, 3.8) is 0 Å². The van der Waals surface area contributed by atoms with Crippen molar-refractivity contribution in [3.8, 4) is 0 Å². The molecule has 1 amide bonds. The second kappa shape index (κ2) is 8.68. The highest BCUT2D eigenvalue weighted by molar-refractivity contribution is 8.00. The number of hydrogen-bond donors (Lipinski definition) is 1. The molecule has 1 N–H and O–H groups in total. The number of nitrogens with one attached hydrogen (secondary N) is 1. The van der Waals surface area contributed by atoms with Crippen LogP contribution in [0.1, 0.15) is 12.5 Å². The van der Waals surface area contributed by atoms with Gasteiger partial charge in [0.25, 0.3) is 5.91 Å². The first-order valence-corrected chi connectivity index (χ1v) is 10.5. The molecule has 0 saturated heterocycles. The lowest BCUT2D eigenvalue weighted by Crippen LogP contribution is -2.26. The van der Waals surface area contributed by atoms with Crippen molar-refractivity contribution in [2.45, 2.75) is 17.1 Å². The van der Waals surface area contributed by atoms with Crippen LogP contribution in [-0.2, 0) is 4.79 Å². The number of benzene rings is 4. The Morgan fingerprint density at radius 2 is 1.55 bits per heavy atom. The van der Waals surface area contributed by atoms with Crippen LogP contribution in [0.3, 0.4) is 0 Å². The average molecular weight is 419 g/mol. The van der Waals surface area contributed by atoms with E-state index in [2.05, 4.69) is 40.9 Å². The van der Waals surface area contributed by atoms with Crippen LogP contribution in [-0.4, -0.2) is 17.4 Å². The molecule has 5 heteroatoms. The van der Waals surface area contributed by atoms with Crippen molar-refractivity contribution in [1.29, 1.82) is 0 Å². The van der Waals surface area contributed by atoms with Crippen LogP contribution in [0.5, 0.6) is 0 Å². The van der Waals surface area contributed by atoms with E-state index < -0.39 is 0 Å². The van der Waals surface area contributed by atoms with Gasteiger partial charge < -0.3 is 0 Å². The molecule has 4 rings (SSSR count). The fourth-order valence-electron chi connectivity index (χ4n) is 3.21. The van der Waals surface area contributed by atoms with Crippen molar-refractivity contribution in [2.75, 3.05) is 0 Å². The maximum atomic E-state index is 12.5. The van der Waals surface area contributed by atoms with Gasteiger partial charge in [-0.2, -0.15) is 5.10 Å². The first kappa shape index (κ1) is 19.5. The quantitative estimate of drug-likeness (QED) is 0.179. The molecule has 0 aromatic heterocycles. The van der Waals surface area contributed by atoms with Crippen LogP contribution in [0.15, 0.2) is 88.9 Å². The number of fused-ring (bicyclic) bond motifs is 2. The molecule has 29 heavy (non-hydrogen) atoms. The number of halogens is 1. The largest absolute Gasteiger partial charge is 0.272 e. The van der Waals surface area contributed by atoms with Crippen LogP contribution >= 0.6 is 23.4 Å². The smallest absolute Gasteiger partial charge is 0.253 e. The maximum absolute atomic E-state index is 12.5. The zero-order chi connectivity index (χ0) is 20.2. The molecular formula is C24H19ClN2OS. The van der Waals surface area contributed by atoms with Gasteiger partial charge in [-0.3, -0.25) is 4.79 Å². The molecule has 4 aromatic carbocycles. The molecule has 0 aliphatic heterocycles. The maximum Gasteiger partial charge on any atom is 0.253 e. The molecule has 0 aliphatic carbocycles. The minimum absolute atomic E-state index is 0.147. The number of carbonyl (C=O) groups excluding carboxylic acids is 1. The third-order valence-electron chi connectivity index (χ3n) is 4.68. The Bertz CT molecular complexity index is 1150. The zero-order valence-corrected chi connectivity index (χ0v) is 17.4. The SMILES string of the molecule is C[C@H](Sc1ccc(Cl)cc1)C(=O)N/N=C\c1c2ccccc2cc2ccccc12. The number of nitrogens with zero attached hydrogens (tertiary/aromatic N) is 1. The molecule has 144 valence electrons. The Hall–Kier alpha value is -2.82. The fourth-order valence-corrected chi connectivity index (χ4v) is 4.20. The van der Waals surface area contributed by atoms with E-state index in [0.717, 1.165) is 32.0 Å². The molecule has 4 aromatic rings. The molecule has 1 atom stereocenters. The second-order valence-corrected chi connectivity index (χ2v) is 8.53. The van der Waals surface area contributed by atoms with Crippen molar-refractivity contribution in [1.82, 2.24) is 5.43 Å². The van der Waals surface area contributed by atoms with Gasteiger partial charge in [0.2, 0.25) is 0 Å². The predicted molar refractivity (Wildman–Crippen MR) is 124 cm³/mol. The molecule has 0 bridgehead atoms. The van der Waals surface area contributed by atoms with Crippen molar-refractivity contribution in [3.05, 3.63) is 89.4 Å². The van der Waals surface area contributed by atoms with Crippen molar-refractivity contribution in [2.24, 2.45) is 5.10 Å². The third-order valence-corrected chi connectivity index (χ3v) is 6.04. The molecule has 0 aliphatic rings. The zero-order valence-electron chi connectivity index (χ0n) is 15.8. The molecule has 0 spiro atoms. The highest BCUT2D eigenvalue weighted by atomic mass is 35.5. The van der Waals surface area contributed by atoms with Gasteiger partial charge in [-0.05, 0) is 58.8 Å². The van der Waals surface area contributed by atoms with E-state index in [0.29, 0.717) is 5.02 Å². The Morgan fingerprint density at radius 3 is 2.17 bits per heavy atom. The summed E-state index contributed by atoms with van der Waals surface area (Å²) in [6.07, 6.45) is 1.74. The Morgan fingerprint density at radius 1 is 0.966 bits per heavy atom. The van der Waals surface area contributed by atoms with Gasteiger partial charge in [0.05, 0.1) is 11.5 Å². The first-order chi connectivity index (χ1) is 14.1. The van der Waals surface area contributed by atoms with E-state index in [1.807, 2.05) is 55.5 Å². The molecule has 0 unspecified atom stereocenters. The van der Waals surface area contributed by atoms with Gasteiger partial charge in [-0.1, -0.05) is 60.1 Å². The molecule has 0 fully saturated rings. The summed E-state index contributed by atoms with van der Waals surface area (Å²) >= 11 is 7.38. The van der Waals surface area contributed by atoms with Crippen molar-refractivity contribution >= 4 is 57.0 Å². The number of carbonyl (C=O) groups is 1. The number of hydrazone groups is 1. The lowest BCUT2D eigenvalue weighted by atomic mass is 9.97. The fraction of sp³-hybridized carbons (Fsp3) is 0.0833. The van der Waals surface area contributed by atoms with E-state index in [1.165, 1.54) is 11.8 Å². The van der Waals surface area contributed by atoms with Crippen LogP contribution in [0.2, 0.25) is 5.02 Å². The predicted octanol–water partition coefficient (Wildman–Crippen LogP) is 6.28. The summed E-state index contributed by atoms with van der Waals surface area (Å²) in [4.78, 5) is 13.4. The number of amides is 1. The summed E-state index contributed by atoms with van der Waals surface area (Å²) in [5, 5.41) is 9.16. The van der Waals surface area contributed by atoms with Gasteiger partial charge in [-0.15, -0.1) is 11.8 Å². The Kier molecular flexibility index (Phi) is 5.84. The van der Waals surface area contributed by atoms with Gasteiger partial charge in [-0.25, -0.2) is 5.43 Å². The van der Waals surface area contributed by atoms with Gasteiger partial charge in [0, 0.05) is 15.5 Å². The second-order valence-electron chi connectivity index (χ2n) is 6.68. The van der Waals surface area contributed by atoms with E-state index in [9.17, 15) is 4.79 Å². The average Bonchev–Trinajstić information content (AvgIpc) is 2.74. The third kappa shape index (κ3) is 4.44. The molecule has 0 saturated carbocycles. The normalized spacial score (nSPS) is 12.5. The minimum atomic E-state index is -0.280. The van der Waals surface area contributed by atoms with Crippen LogP contribution in [0, 0.1) is 0 Å².